The van der Waals surface area contributed by atoms with Gasteiger partial charge in [0.1, 0.15) is 5.60 Å². The summed E-state index contributed by atoms with van der Waals surface area (Å²) in [7, 11) is 1.63. The van der Waals surface area contributed by atoms with Crippen molar-refractivity contribution in [3.63, 3.8) is 0 Å². The average Bonchev–Trinajstić information content (AvgIpc) is 3.39. The van der Waals surface area contributed by atoms with Crippen LogP contribution in [0.4, 0.5) is 4.79 Å². The monoisotopic (exact) mass is 550 g/mol. The Morgan fingerprint density at radius 1 is 1.12 bits per heavy atom. The lowest BCUT2D eigenvalue weighted by Gasteiger charge is -2.42. The Bertz CT molecular complexity index is 1340. The van der Waals surface area contributed by atoms with Gasteiger partial charge >= 0.3 is 6.09 Å². The SMILES string of the molecule is COc1ncc(-n2nc(-c3cnn(CC4CC(C)N(C(=O)OC(C)(C)C)C(C)C4)c3)c3c2CCOCC3)cc1C. The van der Waals surface area contributed by atoms with Crippen LogP contribution in [0, 0.1) is 12.8 Å². The van der Waals surface area contributed by atoms with Crippen molar-refractivity contribution in [2.45, 2.75) is 91.5 Å². The van der Waals surface area contributed by atoms with Gasteiger partial charge in [0.25, 0.3) is 0 Å². The van der Waals surface area contributed by atoms with Crippen LogP contribution in [-0.2, 0) is 28.9 Å². The molecule has 2 aliphatic rings. The predicted molar refractivity (Wildman–Crippen MR) is 152 cm³/mol. The molecule has 0 radical (unpaired) electrons. The molecule has 0 N–H and O–H groups in total. The van der Waals surface area contributed by atoms with Gasteiger partial charge in [0.2, 0.25) is 5.88 Å². The number of pyridine rings is 1. The second-order valence-corrected chi connectivity index (χ2v) is 12.2. The highest BCUT2D eigenvalue weighted by Crippen LogP contribution is 2.33. The Morgan fingerprint density at radius 3 is 2.52 bits per heavy atom. The quantitative estimate of drug-likeness (QED) is 0.442. The van der Waals surface area contributed by atoms with Crippen LogP contribution < -0.4 is 4.74 Å². The van der Waals surface area contributed by atoms with Crippen molar-refractivity contribution in [1.82, 2.24) is 29.4 Å². The molecule has 2 unspecified atom stereocenters. The Kier molecular flexibility index (Phi) is 7.90. The molecule has 0 aliphatic carbocycles. The summed E-state index contributed by atoms with van der Waals surface area (Å²) in [4.78, 5) is 19.2. The van der Waals surface area contributed by atoms with Crippen molar-refractivity contribution < 1.29 is 19.0 Å². The summed E-state index contributed by atoms with van der Waals surface area (Å²) >= 11 is 0. The van der Waals surface area contributed by atoms with E-state index in [1.807, 2.05) is 54.4 Å². The van der Waals surface area contributed by atoms with Crippen LogP contribution in [-0.4, -0.2) is 73.5 Å². The minimum atomic E-state index is -0.501. The smallest absolute Gasteiger partial charge is 0.410 e. The van der Waals surface area contributed by atoms with Crippen molar-refractivity contribution in [2.75, 3.05) is 20.3 Å². The molecule has 2 aliphatic heterocycles. The van der Waals surface area contributed by atoms with Gasteiger partial charge < -0.3 is 19.1 Å². The van der Waals surface area contributed by atoms with Crippen molar-refractivity contribution in [3.05, 3.63) is 41.5 Å². The number of methoxy groups -OCH3 is 1. The van der Waals surface area contributed by atoms with E-state index in [1.54, 1.807) is 7.11 Å². The Morgan fingerprint density at radius 2 is 1.85 bits per heavy atom. The molecular formula is C30H42N6O4. The minimum absolute atomic E-state index is 0.103. The molecule has 10 heteroatoms. The first-order valence-corrected chi connectivity index (χ1v) is 14.3. The molecule has 216 valence electrons. The molecule has 0 aromatic carbocycles. The van der Waals surface area contributed by atoms with Crippen LogP contribution in [0.3, 0.4) is 0 Å². The van der Waals surface area contributed by atoms with Crippen molar-refractivity contribution in [1.29, 1.82) is 0 Å². The third-order valence-corrected chi connectivity index (χ3v) is 7.78. The van der Waals surface area contributed by atoms with Crippen molar-refractivity contribution in [2.24, 2.45) is 5.92 Å². The van der Waals surface area contributed by atoms with E-state index in [4.69, 9.17) is 24.4 Å². The molecule has 3 aromatic heterocycles. The van der Waals surface area contributed by atoms with Gasteiger partial charge in [-0.2, -0.15) is 10.2 Å². The van der Waals surface area contributed by atoms with E-state index >= 15 is 0 Å². The molecular weight excluding hydrogens is 508 g/mol. The standard InChI is InChI=1S/C30H42N6O4/c1-19-12-24(16-31-28(19)38-7)36-26-9-11-39-10-8-25(26)27(33-36)23-15-32-34(18-23)17-22-13-20(2)35(21(3)14-22)29(37)40-30(4,5)6/h12,15-16,18,20-22H,8-11,13-14,17H2,1-7H3. The van der Waals surface area contributed by atoms with Crippen molar-refractivity contribution >= 4 is 6.09 Å². The van der Waals surface area contributed by atoms with Gasteiger partial charge in [-0.3, -0.25) is 4.68 Å². The van der Waals surface area contributed by atoms with Crippen LogP contribution in [0.1, 0.15) is 64.3 Å². The Balaban J connectivity index is 1.36. The maximum Gasteiger partial charge on any atom is 0.410 e. The number of fused-ring (bicyclic) bond motifs is 1. The average molecular weight is 551 g/mol. The summed E-state index contributed by atoms with van der Waals surface area (Å²) in [5.74, 6) is 1.03. The van der Waals surface area contributed by atoms with E-state index in [-0.39, 0.29) is 18.2 Å². The number of nitrogens with zero attached hydrogens (tertiary/aromatic N) is 6. The van der Waals surface area contributed by atoms with E-state index in [1.165, 1.54) is 5.56 Å². The number of ether oxygens (including phenoxy) is 3. The lowest BCUT2D eigenvalue weighted by atomic mass is 9.87. The minimum Gasteiger partial charge on any atom is -0.481 e. The van der Waals surface area contributed by atoms with Crippen LogP contribution >= 0.6 is 0 Å². The maximum absolute atomic E-state index is 12.8. The molecule has 5 heterocycles. The normalized spacial score (nSPS) is 21.6. The number of carbonyl (C=O) groups excluding carboxylic acids is 1. The van der Waals surface area contributed by atoms with Gasteiger partial charge in [0, 0.05) is 47.9 Å². The number of rotatable bonds is 5. The number of carbonyl (C=O) groups is 1. The third-order valence-electron chi connectivity index (χ3n) is 7.78. The fourth-order valence-electron chi connectivity index (χ4n) is 6.17. The number of piperidine rings is 1. The van der Waals surface area contributed by atoms with Gasteiger partial charge in [0.05, 0.1) is 49.8 Å². The zero-order chi connectivity index (χ0) is 28.6. The van der Waals surface area contributed by atoms with Gasteiger partial charge in [-0.05, 0) is 72.8 Å². The molecule has 0 spiro atoms. The molecule has 2 atom stereocenters. The highest BCUT2D eigenvalue weighted by atomic mass is 16.6. The summed E-state index contributed by atoms with van der Waals surface area (Å²) in [6.07, 6.45) is 9.00. The van der Waals surface area contributed by atoms with E-state index < -0.39 is 5.60 Å². The number of likely N-dealkylation sites (tertiary alicyclic amines) is 1. The lowest BCUT2D eigenvalue weighted by Crippen LogP contribution is -2.51. The molecule has 10 nitrogen and oxygen atoms in total. The number of aromatic nitrogens is 5. The molecule has 1 saturated heterocycles. The van der Waals surface area contributed by atoms with E-state index in [0.717, 1.165) is 60.4 Å². The zero-order valence-corrected chi connectivity index (χ0v) is 24.8. The van der Waals surface area contributed by atoms with Gasteiger partial charge in [0.15, 0.2) is 0 Å². The van der Waals surface area contributed by atoms with Crippen LogP contribution in [0.2, 0.25) is 0 Å². The fraction of sp³-hybridized carbons (Fsp3) is 0.600. The third kappa shape index (κ3) is 5.87. The summed E-state index contributed by atoms with van der Waals surface area (Å²) in [5.41, 5.74) is 5.68. The summed E-state index contributed by atoms with van der Waals surface area (Å²) in [6.45, 7) is 14.1. The molecule has 1 fully saturated rings. The highest BCUT2D eigenvalue weighted by molar-refractivity contribution is 5.69. The first-order valence-electron chi connectivity index (χ1n) is 14.3. The Labute approximate surface area is 236 Å². The lowest BCUT2D eigenvalue weighted by molar-refractivity contribution is -0.00864. The largest absolute Gasteiger partial charge is 0.481 e. The van der Waals surface area contributed by atoms with Gasteiger partial charge in [-0.1, -0.05) is 0 Å². The maximum atomic E-state index is 12.8. The fourth-order valence-corrected chi connectivity index (χ4v) is 6.17. The number of hydrogen-bond acceptors (Lipinski definition) is 7. The molecule has 40 heavy (non-hydrogen) atoms. The summed E-state index contributed by atoms with van der Waals surface area (Å²) < 4.78 is 20.9. The molecule has 3 aromatic rings. The molecule has 0 saturated carbocycles. The number of hydrogen-bond donors (Lipinski definition) is 0. The van der Waals surface area contributed by atoms with E-state index in [2.05, 4.69) is 31.1 Å². The molecule has 1 amide bonds. The van der Waals surface area contributed by atoms with Crippen molar-refractivity contribution in [3.8, 4) is 22.8 Å². The Hall–Kier alpha value is -3.40. The number of amides is 1. The second kappa shape index (κ2) is 11.2. The second-order valence-electron chi connectivity index (χ2n) is 12.2. The summed E-state index contributed by atoms with van der Waals surface area (Å²) in [6, 6.07) is 2.27. The number of aryl methyl sites for hydroxylation is 1. The van der Waals surface area contributed by atoms with E-state index in [9.17, 15) is 4.79 Å². The van der Waals surface area contributed by atoms with Gasteiger partial charge in [-0.15, -0.1) is 0 Å². The van der Waals surface area contributed by atoms with Gasteiger partial charge in [-0.25, -0.2) is 14.5 Å². The first-order chi connectivity index (χ1) is 19.0. The highest BCUT2D eigenvalue weighted by Gasteiger charge is 2.36. The van der Waals surface area contributed by atoms with E-state index in [0.29, 0.717) is 25.0 Å². The molecule has 0 bridgehead atoms. The van der Waals surface area contributed by atoms with Crippen LogP contribution in [0.15, 0.2) is 24.7 Å². The zero-order valence-electron chi connectivity index (χ0n) is 24.8. The predicted octanol–water partition coefficient (Wildman–Crippen LogP) is 4.99. The van der Waals surface area contributed by atoms with Crippen LogP contribution in [0.5, 0.6) is 5.88 Å². The first kappa shape index (κ1) is 28.1. The topological polar surface area (TPSA) is 96.5 Å². The van der Waals surface area contributed by atoms with Crippen LogP contribution in [0.25, 0.3) is 16.9 Å². The molecule has 5 rings (SSSR count). The summed E-state index contributed by atoms with van der Waals surface area (Å²) in [5, 5.41) is 9.81.